The van der Waals surface area contributed by atoms with Crippen LogP contribution < -0.4 is 0 Å². The number of carbonyl (C=O) groups is 3. The van der Waals surface area contributed by atoms with Crippen LogP contribution in [0.25, 0.3) is 0 Å². The first-order valence-electron chi connectivity index (χ1n) is 10.9. The van der Waals surface area contributed by atoms with Crippen LogP contribution >= 0.6 is 0 Å². The number of benzene rings is 1. The molecule has 1 aromatic carbocycles. The SMILES string of the molecule is CCN(C(=O)COC(=O)[C@@H]1Cc2ccccc2CN1C(=O)c1ccco1)C1CCS(=O)(=O)C1. The lowest BCUT2D eigenvalue weighted by Gasteiger charge is -2.35. The van der Waals surface area contributed by atoms with Crippen molar-refractivity contribution in [1.82, 2.24) is 9.80 Å². The van der Waals surface area contributed by atoms with Gasteiger partial charge in [-0.2, -0.15) is 0 Å². The number of likely N-dealkylation sites (N-methyl/N-ethyl adjacent to an activating group) is 1. The third-order valence-corrected chi connectivity index (χ3v) is 7.91. The number of furan rings is 1. The van der Waals surface area contributed by atoms with Crippen molar-refractivity contribution < 1.29 is 32.0 Å². The number of esters is 1. The Morgan fingerprint density at radius 2 is 1.91 bits per heavy atom. The second-order valence-corrected chi connectivity index (χ2v) is 10.5. The van der Waals surface area contributed by atoms with Crippen molar-refractivity contribution in [3.63, 3.8) is 0 Å². The van der Waals surface area contributed by atoms with Gasteiger partial charge in [-0.15, -0.1) is 0 Å². The van der Waals surface area contributed by atoms with Gasteiger partial charge in [0.2, 0.25) is 0 Å². The number of rotatable bonds is 6. The normalized spacial score (nSPS) is 21.3. The van der Waals surface area contributed by atoms with Crippen molar-refractivity contribution in [2.24, 2.45) is 0 Å². The highest BCUT2D eigenvalue weighted by atomic mass is 32.2. The molecule has 2 amide bonds. The van der Waals surface area contributed by atoms with Crippen LogP contribution in [0.4, 0.5) is 0 Å². The second-order valence-electron chi connectivity index (χ2n) is 8.24. The lowest BCUT2D eigenvalue weighted by Crippen LogP contribution is -2.50. The molecule has 0 aliphatic carbocycles. The van der Waals surface area contributed by atoms with Crippen molar-refractivity contribution in [2.45, 2.75) is 38.4 Å². The number of sulfone groups is 1. The number of hydrogen-bond acceptors (Lipinski definition) is 7. The number of hydrogen-bond donors (Lipinski definition) is 0. The van der Waals surface area contributed by atoms with E-state index in [1.165, 1.54) is 22.1 Å². The average Bonchev–Trinajstić information content (AvgIpc) is 3.46. The smallest absolute Gasteiger partial charge is 0.329 e. The topological polar surface area (TPSA) is 114 Å². The zero-order valence-electron chi connectivity index (χ0n) is 18.3. The summed E-state index contributed by atoms with van der Waals surface area (Å²) in [6, 6.07) is 9.34. The molecule has 1 aromatic heterocycles. The lowest BCUT2D eigenvalue weighted by atomic mass is 9.93. The summed E-state index contributed by atoms with van der Waals surface area (Å²) in [7, 11) is -3.15. The maximum absolute atomic E-state index is 13.0. The molecule has 2 atom stereocenters. The predicted octanol–water partition coefficient (Wildman–Crippen LogP) is 1.43. The third-order valence-electron chi connectivity index (χ3n) is 6.16. The van der Waals surface area contributed by atoms with E-state index >= 15 is 0 Å². The van der Waals surface area contributed by atoms with Crippen molar-refractivity contribution in [3.05, 3.63) is 59.5 Å². The van der Waals surface area contributed by atoms with E-state index in [1.807, 2.05) is 24.3 Å². The van der Waals surface area contributed by atoms with Gasteiger partial charge >= 0.3 is 5.97 Å². The fraction of sp³-hybridized carbons (Fsp3) is 0.435. The van der Waals surface area contributed by atoms with E-state index in [4.69, 9.17) is 9.15 Å². The number of amides is 2. The highest BCUT2D eigenvalue weighted by Crippen LogP contribution is 2.26. The minimum atomic E-state index is -3.15. The fourth-order valence-electron chi connectivity index (χ4n) is 4.46. The van der Waals surface area contributed by atoms with Crippen LogP contribution in [0.2, 0.25) is 0 Å². The van der Waals surface area contributed by atoms with Gasteiger partial charge in [0.05, 0.1) is 17.8 Å². The Bertz CT molecular complexity index is 1140. The highest BCUT2D eigenvalue weighted by molar-refractivity contribution is 7.91. The summed E-state index contributed by atoms with van der Waals surface area (Å²) in [4.78, 5) is 41.6. The van der Waals surface area contributed by atoms with E-state index in [9.17, 15) is 22.8 Å². The molecule has 2 aliphatic rings. The molecule has 4 rings (SSSR count). The second kappa shape index (κ2) is 9.38. The first-order valence-corrected chi connectivity index (χ1v) is 12.7. The molecule has 1 unspecified atom stereocenters. The van der Waals surface area contributed by atoms with Gasteiger partial charge in [0.1, 0.15) is 6.04 Å². The van der Waals surface area contributed by atoms with Gasteiger partial charge in [-0.25, -0.2) is 13.2 Å². The lowest BCUT2D eigenvalue weighted by molar-refractivity contribution is -0.156. The summed E-state index contributed by atoms with van der Waals surface area (Å²) in [5.41, 5.74) is 1.86. The number of nitrogens with zero attached hydrogens (tertiary/aromatic N) is 2. The maximum Gasteiger partial charge on any atom is 0.329 e. The fourth-order valence-corrected chi connectivity index (χ4v) is 6.19. The quantitative estimate of drug-likeness (QED) is 0.582. The number of ether oxygens (including phenoxy) is 1. The first-order chi connectivity index (χ1) is 15.8. The zero-order valence-corrected chi connectivity index (χ0v) is 19.1. The molecule has 0 saturated carbocycles. The van der Waals surface area contributed by atoms with Gasteiger partial charge in [-0.05, 0) is 36.6 Å². The van der Waals surface area contributed by atoms with Crippen LogP contribution in [-0.2, 0) is 37.1 Å². The summed E-state index contributed by atoms with van der Waals surface area (Å²) in [6.07, 6.45) is 2.02. The molecule has 33 heavy (non-hydrogen) atoms. The van der Waals surface area contributed by atoms with Crippen LogP contribution in [0, 0.1) is 0 Å². The Kier molecular flexibility index (Phi) is 6.55. The molecule has 2 aliphatic heterocycles. The minimum absolute atomic E-state index is 0.0482. The Labute approximate surface area is 192 Å². The maximum atomic E-state index is 13.0. The average molecular weight is 475 g/mol. The zero-order chi connectivity index (χ0) is 23.6. The summed E-state index contributed by atoms with van der Waals surface area (Å²) >= 11 is 0. The molecular formula is C23H26N2O7S. The molecule has 0 radical (unpaired) electrons. The Hall–Kier alpha value is -3.14. The molecule has 1 saturated heterocycles. The van der Waals surface area contributed by atoms with Gasteiger partial charge in [0, 0.05) is 25.6 Å². The molecule has 10 heteroatoms. The van der Waals surface area contributed by atoms with Crippen LogP contribution in [0.1, 0.15) is 35.0 Å². The van der Waals surface area contributed by atoms with E-state index in [-0.39, 0.29) is 30.2 Å². The van der Waals surface area contributed by atoms with E-state index in [1.54, 1.807) is 13.0 Å². The van der Waals surface area contributed by atoms with Crippen LogP contribution in [0.3, 0.4) is 0 Å². The van der Waals surface area contributed by atoms with Gasteiger partial charge < -0.3 is 19.0 Å². The van der Waals surface area contributed by atoms with E-state index in [2.05, 4.69) is 0 Å². The van der Waals surface area contributed by atoms with Crippen LogP contribution in [-0.4, -0.2) is 72.7 Å². The Morgan fingerprint density at radius 3 is 2.55 bits per heavy atom. The summed E-state index contributed by atoms with van der Waals surface area (Å²) in [6.45, 7) is 1.78. The van der Waals surface area contributed by atoms with Crippen molar-refractivity contribution in [2.75, 3.05) is 24.7 Å². The standard InChI is InChI=1S/C23H26N2O7S/c1-2-24(18-9-11-33(29,30)15-18)21(26)14-32-23(28)19-12-16-6-3-4-7-17(16)13-25(19)22(27)20-8-5-10-31-20/h3-8,10,18-19H,2,9,11-15H2,1H3/t18?,19-/m0/s1. The largest absolute Gasteiger partial charge is 0.459 e. The molecule has 0 bridgehead atoms. The summed E-state index contributed by atoms with van der Waals surface area (Å²) < 4.78 is 34.1. The Morgan fingerprint density at radius 1 is 1.15 bits per heavy atom. The molecule has 2 aromatic rings. The van der Waals surface area contributed by atoms with Crippen molar-refractivity contribution in [3.8, 4) is 0 Å². The predicted molar refractivity (Wildman–Crippen MR) is 118 cm³/mol. The van der Waals surface area contributed by atoms with Crippen molar-refractivity contribution in [1.29, 1.82) is 0 Å². The third kappa shape index (κ3) is 4.95. The number of fused-ring (bicyclic) bond motifs is 1. The van der Waals surface area contributed by atoms with Gasteiger partial charge in [-0.1, -0.05) is 24.3 Å². The van der Waals surface area contributed by atoms with E-state index in [0.29, 0.717) is 13.0 Å². The molecule has 9 nitrogen and oxygen atoms in total. The number of carbonyl (C=O) groups excluding carboxylic acids is 3. The molecule has 176 valence electrons. The molecule has 0 N–H and O–H groups in total. The van der Waals surface area contributed by atoms with E-state index in [0.717, 1.165) is 11.1 Å². The van der Waals surface area contributed by atoms with Gasteiger partial charge in [0.25, 0.3) is 11.8 Å². The van der Waals surface area contributed by atoms with Crippen LogP contribution in [0.15, 0.2) is 47.1 Å². The Balaban J connectivity index is 1.47. The molecular weight excluding hydrogens is 448 g/mol. The summed E-state index contributed by atoms with van der Waals surface area (Å²) in [5.74, 6) is -1.49. The minimum Gasteiger partial charge on any atom is -0.459 e. The van der Waals surface area contributed by atoms with Crippen LogP contribution in [0.5, 0.6) is 0 Å². The highest BCUT2D eigenvalue weighted by Gasteiger charge is 2.38. The summed E-state index contributed by atoms with van der Waals surface area (Å²) in [5, 5.41) is 0. The molecule has 3 heterocycles. The van der Waals surface area contributed by atoms with Gasteiger partial charge in [0.15, 0.2) is 22.2 Å². The molecule has 0 spiro atoms. The van der Waals surface area contributed by atoms with Gasteiger partial charge in [-0.3, -0.25) is 9.59 Å². The van der Waals surface area contributed by atoms with E-state index < -0.39 is 46.3 Å². The van der Waals surface area contributed by atoms with Crippen molar-refractivity contribution >= 4 is 27.6 Å². The molecule has 1 fully saturated rings. The first kappa shape index (κ1) is 23.0. The monoisotopic (exact) mass is 474 g/mol.